The zero-order valence-corrected chi connectivity index (χ0v) is 14.4. The topological polar surface area (TPSA) is 46.3 Å². The highest BCUT2D eigenvalue weighted by atomic mass is 32.1. The molecule has 0 spiro atoms. The number of carbonyl (C=O) groups is 1. The molecule has 21 heavy (non-hydrogen) atoms. The Bertz CT molecular complexity index is 471. The Hall–Kier alpha value is -0.640. The molecule has 4 aliphatic rings. The van der Waals surface area contributed by atoms with Crippen LogP contribution in [-0.2, 0) is 4.79 Å². The molecule has 0 aliphatic heterocycles. The fourth-order valence-electron chi connectivity index (χ4n) is 6.47. The Morgan fingerprint density at radius 2 is 1.76 bits per heavy atom. The summed E-state index contributed by atoms with van der Waals surface area (Å²) in [4.78, 5) is 15.5. The molecule has 4 saturated carbocycles. The van der Waals surface area contributed by atoms with Gasteiger partial charge in [0.25, 0.3) is 0 Å². The second-order valence-corrected chi connectivity index (χ2v) is 9.38. The zero-order valence-electron chi connectivity index (χ0n) is 13.6. The Labute approximate surface area is 133 Å². The number of nitrogens with zero attached hydrogens (tertiary/aromatic N) is 1. The monoisotopic (exact) mass is 308 g/mol. The Morgan fingerprint density at radius 1 is 1.19 bits per heavy atom. The van der Waals surface area contributed by atoms with Crippen molar-refractivity contribution in [2.24, 2.45) is 27.9 Å². The number of amides is 1. The van der Waals surface area contributed by atoms with E-state index < -0.39 is 0 Å². The van der Waals surface area contributed by atoms with E-state index in [0.717, 1.165) is 25.2 Å². The molecule has 0 aromatic carbocycles. The van der Waals surface area contributed by atoms with Crippen LogP contribution in [0.4, 0.5) is 0 Å². The lowest BCUT2D eigenvalue weighted by molar-refractivity contribution is -0.178. The van der Waals surface area contributed by atoms with E-state index >= 15 is 0 Å². The van der Waals surface area contributed by atoms with Crippen LogP contribution in [0, 0.1) is 22.2 Å². The maximum atomic E-state index is 13.1. The summed E-state index contributed by atoms with van der Waals surface area (Å²) in [5.74, 6) is 1.10. The second-order valence-electron chi connectivity index (χ2n) is 8.85. The number of rotatable bonds is 4. The number of carbonyl (C=O) groups excluding carboxylic acids is 1. The van der Waals surface area contributed by atoms with Gasteiger partial charge in [0.05, 0.1) is 10.4 Å². The Kier molecular flexibility index (Phi) is 3.40. The normalized spacial score (nSPS) is 43.9. The molecular weight excluding hydrogens is 280 g/mol. The fourth-order valence-corrected chi connectivity index (χ4v) is 6.56. The molecule has 0 heterocycles. The highest BCUT2D eigenvalue weighted by Gasteiger charge is 2.63. The first-order valence-corrected chi connectivity index (χ1v) is 8.60. The van der Waals surface area contributed by atoms with E-state index in [-0.39, 0.29) is 5.41 Å². The van der Waals surface area contributed by atoms with Crippen molar-refractivity contribution in [2.45, 2.75) is 58.8 Å². The Balaban J connectivity index is 1.81. The first-order chi connectivity index (χ1) is 9.65. The molecule has 4 fully saturated rings. The predicted octanol–water partition coefficient (Wildman–Crippen LogP) is 3.12. The highest BCUT2D eigenvalue weighted by Crippen LogP contribution is 2.69. The summed E-state index contributed by atoms with van der Waals surface area (Å²) in [5.41, 5.74) is 6.24. The number of nitrogens with two attached hydrogens (primary N) is 1. The third-order valence-corrected chi connectivity index (χ3v) is 6.32. The van der Waals surface area contributed by atoms with Gasteiger partial charge in [0.1, 0.15) is 0 Å². The van der Waals surface area contributed by atoms with Crippen LogP contribution < -0.4 is 5.73 Å². The second kappa shape index (κ2) is 4.68. The Morgan fingerprint density at radius 3 is 2.24 bits per heavy atom. The summed E-state index contributed by atoms with van der Waals surface area (Å²) in [5, 5.41) is 0. The molecule has 4 heteroatoms. The maximum Gasteiger partial charge on any atom is 0.228 e. The number of hydrogen-bond acceptors (Lipinski definition) is 2. The summed E-state index contributed by atoms with van der Waals surface area (Å²) < 4.78 is 0. The van der Waals surface area contributed by atoms with E-state index in [2.05, 4.69) is 13.8 Å². The number of hydrogen-bond donors (Lipinski definition) is 1. The lowest BCUT2D eigenvalue weighted by atomic mass is 9.40. The van der Waals surface area contributed by atoms with Crippen molar-refractivity contribution in [3.63, 3.8) is 0 Å². The molecule has 4 aliphatic carbocycles. The standard InChI is InChI=1S/C17H28N2OS/c1-15-6-12-7-16(2,9-15)11-17(8-12,10-15)14(20)19(3)5-4-13(18)21/h12H,4-11H2,1-3H3,(H2,18,21). The van der Waals surface area contributed by atoms with Crippen LogP contribution in [0.3, 0.4) is 0 Å². The summed E-state index contributed by atoms with van der Waals surface area (Å²) in [7, 11) is 1.92. The van der Waals surface area contributed by atoms with Crippen LogP contribution in [0.15, 0.2) is 0 Å². The molecule has 118 valence electrons. The van der Waals surface area contributed by atoms with Gasteiger partial charge in [0.2, 0.25) is 5.91 Å². The quantitative estimate of drug-likeness (QED) is 0.812. The summed E-state index contributed by atoms with van der Waals surface area (Å²) in [6.45, 7) is 5.48. The first kappa shape index (κ1) is 15.3. The third-order valence-electron chi connectivity index (χ3n) is 6.12. The van der Waals surface area contributed by atoms with Crippen LogP contribution in [0.5, 0.6) is 0 Å². The molecule has 2 atom stereocenters. The molecule has 0 aromatic rings. The average Bonchev–Trinajstić information content (AvgIpc) is 2.30. The van der Waals surface area contributed by atoms with E-state index in [1.54, 1.807) is 0 Å². The van der Waals surface area contributed by atoms with Gasteiger partial charge < -0.3 is 10.6 Å². The smallest absolute Gasteiger partial charge is 0.228 e. The summed E-state index contributed by atoms with van der Waals surface area (Å²) >= 11 is 4.94. The molecule has 2 N–H and O–H groups in total. The van der Waals surface area contributed by atoms with Gasteiger partial charge in [-0.3, -0.25) is 4.79 Å². The van der Waals surface area contributed by atoms with Crippen molar-refractivity contribution in [1.29, 1.82) is 0 Å². The highest BCUT2D eigenvalue weighted by molar-refractivity contribution is 7.80. The SMILES string of the molecule is CN(CCC(N)=S)C(=O)C12CC3CC(C)(CC(C)(C3)C1)C2. The van der Waals surface area contributed by atoms with Crippen molar-refractivity contribution in [1.82, 2.24) is 4.90 Å². The average molecular weight is 308 g/mol. The van der Waals surface area contributed by atoms with E-state index in [4.69, 9.17) is 18.0 Å². The molecule has 2 unspecified atom stereocenters. The number of thiocarbonyl (C=S) groups is 1. The zero-order chi connectivity index (χ0) is 15.5. The summed E-state index contributed by atoms with van der Waals surface area (Å²) in [6, 6.07) is 0. The van der Waals surface area contributed by atoms with Crippen molar-refractivity contribution >= 4 is 23.1 Å². The van der Waals surface area contributed by atoms with E-state index in [1.165, 1.54) is 19.3 Å². The fraction of sp³-hybridized carbons (Fsp3) is 0.882. The van der Waals surface area contributed by atoms with Gasteiger partial charge in [-0.05, 0) is 55.3 Å². The molecule has 0 saturated heterocycles. The van der Waals surface area contributed by atoms with E-state index in [9.17, 15) is 4.79 Å². The van der Waals surface area contributed by atoms with Crippen LogP contribution in [-0.4, -0.2) is 29.4 Å². The minimum absolute atomic E-state index is 0.103. The minimum Gasteiger partial charge on any atom is -0.393 e. The van der Waals surface area contributed by atoms with E-state index in [1.807, 2.05) is 11.9 Å². The third kappa shape index (κ3) is 2.60. The molecule has 0 radical (unpaired) electrons. The van der Waals surface area contributed by atoms with Gasteiger partial charge in [-0.15, -0.1) is 0 Å². The van der Waals surface area contributed by atoms with Crippen LogP contribution in [0.1, 0.15) is 58.8 Å². The molecule has 4 rings (SSSR count). The van der Waals surface area contributed by atoms with Crippen molar-refractivity contribution in [3.8, 4) is 0 Å². The van der Waals surface area contributed by atoms with Gasteiger partial charge in [-0.25, -0.2) is 0 Å². The van der Waals surface area contributed by atoms with Gasteiger partial charge in [-0.1, -0.05) is 26.1 Å². The van der Waals surface area contributed by atoms with E-state index in [0.29, 0.717) is 34.7 Å². The van der Waals surface area contributed by atoms with Crippen molar-refractivity contribution < 1.29 is 4.79 Å². The summed E-state index contributed by atoms with van der Waals surface area (Å²) in [6.07, 6.45) is 7.87. The van der Waals surface area contributed by atoms with Gasteiger partial charge in [0.15, 0.2) is 0 Å². The van der Waals surface area contributed by atoms with Gasteiger partial charge in [0, 0.05) is 20.0 Å². The van der Waals surface area contributed by atoms with Crippen LogP contribution in [0.2, 0.25) is 0 Å². The van der Waals surface area contributed by atoms with Gasteiger partial charge in [-0.2, -0.15) is 0 Å². The molecule has 4 bridgehead atoms. The molecule has 1 amide bonds. The first-order valence-electron chi connectivity index (χ1n) is 8.19. The van der Waals surface area contributed by atoms with Crippen LogP contribution >= 0.6 is 12.2 Å². The lowest BCUT2D eigenvalue weighted by Gasteiger charge is -2.65. The predicted molar refractivity (Wildman–Crippen MR) is 88.9 cm³/mol. The van der Waals surface area contributed by atoms with Crippen molar-refractivity contribution in [2.75, 3.05) is 13.6 Å². The maximum absolute atomic E-state index is 13.1. The molecular formula is C17H28N2OS. The lowest BCUT2D eigenvalue weighted by Crippen LogP contribution is -2.60. The van der Waals surface area contributed by atoms with Crippen molar-refractivity contribution in [3.05, 3.63) is 0 Å². The molecule has 0 aromatic heterocycles. The molecule has 3 nitrogen and oxygen atoms in total. The van der Waals surface area contributed by atoms with Gasteiger partial charge >= 0.3 is 0 Å². The minimum atomic E-state index is -0.103. The van der Waals surface area contributed by atoms with Crippen LogP contribution in [0.25, 0.3) is 0 Å². The largest absolute Gasteiger partial charge is 0.393 e.